The molecule has 0 amide bonds. The molecule has 0 radical (unpaired) electrons. The van der Waals surface area contributed by atoms with Crippen LogP contribution >= 0.6 is 0 Å². The Kier molecular flexibility index (Phi) is 4.68. The molecule has 0 bridgehead atoms. The molecule has 0 saturated heterocycles. The van der Waals surface area contributed by atoms with Crippen LogP contribution in [0.5, 0.6) is 5.75 Å². The summed E-state index contributed by atoms with van der Waals surface area (Å²) in [7, 11) is 1.76. The van der Waals surface area contributed by atoms with E-state index in [-0.39, 0.29) is 5.75 Å². The summed E-state index contributed by atoms with van der Waals surface area (Å²) in [5.74, 6) is 0.568. The smallest absolute Gasteiger partial charge is 0.247 e. The van der Waals surface area contributed by atoms with E-state index in [1.807, 2.05) is 42.5 Å². The van der Waals surface area contributed by atoms with Crippen molar-refractivity contribution in [3.63, 3.8) is 0 Å². The van der Waals surface area contributed by atoms with E-state index >= 15 is 0 Å². The third-order valence-electron chi connectivity index (χ3n) is 5.04. The largest absolute Gasteiger partial charge is 0.506 e. The maximum absolute atomic E-state index is 10.1. The molecule has 0 saturated carbocycles. The molecule has 0 aliphatic heterocycles. The third kappa shape index (κ3) is 3.53. The Morgan fingerprint density at radius 3 is 2.45 bits per heavy atom. The standard InChI is InChI=1S/C24H20N6O/c1-25-20-12-11-17(15-21(20)31)27-24-28-23-22(26-13-14-30(23)29-24)19-10-6-5-9-18(19)16-7-3-2-4-8-16/h2-15,25,31H,1H3,(H,27,29). The van der Waals surface area contributed by atoms with Crippen molar-refractivity contribution in [2.75, 3.05) is 17.7 Å². The van der Waals surface area contributed by atoms with Gasteiger partial charge >= 0.3 is 0 Å². The molecule has 3 aromatic carbocycles. The minimum Gasteiger partial charge on any atom is -0.506 e. The van der Waals surface area contributed by atoms with Crippen LogP contribution in [0, 0.1) is 0 Å². The number of aromatic nitrogens is 4. The second-order valence-electron chi connectivity index (χ2n) is 7.00. The van der Waals surface area contributed by atoms with Gasteiger partial charge in [-0.2, -0.15) is 4.98 Å². The van der Waals surface area contributed by atoms with Gasteiger partial charge in [-0.25, -0.2) is 4.52 Å². The summed E-state index contributed by atoms with van der Waals surface area (Å²) in [6.45, 7) is 0. The fraction of sp³-hybridized carbons (Fsp3) is 0.0417. The predicted octanol–water partition coefficient (Wildman–Crippen LogP) is 4.95. The monoisotopic (exact) mass is 408 g/mol. The van der Waals surface area contributed by atoms with Gasteiger partial charge in [0.15, 0.2) is 5.65 Å². The molecular formula is C24H20N6O. The van der Waals surface area contributed by atoms with Crippen molar-refractivity contribution in [3.05, 3.63) is 85.2 Å². The summed E-state index contributed by atoms with van der Waals surface area (Å²) < 4.78 is 1.70. The Labute approximate surface area is 179 Å². The Hall–Kier alpha value is -4.39. The summed E-state index contributed by atoms with van der Waals surface area (Å²) in [6, 6.07) is 23.6. The van der Waals surface area contributed by atoms with Crippen LogP contribution in [-0.4, -0.2) is 31.7 Å². The van der Waals surface area contributed by atoms with Crippen LogP contribution in [-0.2, 0) is 0 Å². The van der Waals surface area contributed by atoms with E-state index in [2.05, 4.69) is 43.9 Å². The van der Waals surface area contributed by atoms with Gasteiger partial charge < -0.3 is 15.7 Å². The van der Waals surface area contributed by atoms with E-state index < -0.39 is 0 Å². The molecule has 2 aromatic heterocycles. The molecule has 2 heterocycles. The highest BCUT2D eigenvalue weighted by atomic mass is 16.3. The summed E-state index contributed by atoms with van der Waals surface area (Å²) in [4.78, 5) is 9.29. The van der Waals surface area contributed by atoms with Crippen molar-refractivity contribution in [3.8, 4) is 28.1 Å². The van der Waals surface area contributed by atoms with Crippen molar-refractivity contribution < 1.29 is 5.11 Å². The van der Waals surface area contributed by atoms with Crippen molar-refractivity contribution in [2.45, 2.75) is 0 Å². The number of hydrogen-bond acceptors (Lipinski definition) is 6. The zero-order chi connectivity index (χ0) is 21.2. The van der Waals surface area contributed by atoms with E-state index in [4.69, 9.17) is 0 Å². The lowest BCUT2D eigenvalue weighted by Gasteiger charge is -2.09. The first-order valence-corrected chi connectivity index (χ1v) is 9.87. The van der Waals surface area contributed by atoms with Gasteiger partial charge in [-0.15, -0.1) is 5.10 Å². The fourth-order valence-corrected chi connectivity index (χ4v) is 3.57. The van der Waals surface area contributed by atoms with Crippen molar-refractivity contribution in [2.24, 2.45) is 0 Å². The van der Waals surface area contributed by atoms with Gasteiger partial charge in [-0.3, -0.25) is 4.98 Å². The highest BCUT2D eigenvalue weighted by Crippen LogP contribution is 2.33. The van der Waals surface area contributed by atoms with Gasteiger partial charge in [0.05, 0.1) is 5.69 Å². The lowest BCUT2D eigenvalue weighted by Crippen LogP contribution is -1.95. The number of hydrogen-bond donors (Lipinski definition) is 3. The molecular weight excluding hydrogens is 388 g/mol. The fourth-order valence-electron chi connectivity index (χ4n) is 3.57. The van der Waals surface area contributed by atoms with Crippen molar-refractivity contribution in [1.29, 1.82) is 0 Å². The summed E-state index contributed by atoms with van der Waals surface area (Å²) in [6.07, 6.45) is 3.49. The maximum atomic E-state index is 10.1. The zero-order valence-corrected chi connectivity index (χ0v) is 16.8. The molecule has 3 N–H and O–H groups in total. The van der Waals surface area contributed by atoms with Crippen LogP contribution < -0.4 is 10.6 Å². The Morgan fingerprint density at radius 2 is 1.68 bits per heavy atom. The maximum Gasteiger partial charge on any atom is 0.247 e. The quantitative estimate of drug-likeness (QED) is 0.357. The molecule has 7 heteroatoms. The van der Waals surface area contributed by atoms with E-state index in [1.165, 1.54) is 0 Å². The van der Waals surface area contributed by atoms with Crippen LogP contribution in [0.2, 0.25) is 0 Å². The average molecular weight is 408 g/mol. The number of aromatic hydroxyl groups is 1. The lowest BCUT2D eigenvalue weighted by atomic mass is 9.98. The molecule has 5 aromatic rings. The van der Waals surface area contributed by atoms with Crippen LogP contribution in [0.1, 0.15) is 0 Å². The summed E-state index contributed by atoms with van der Waals surface area (Å²) in [5.41, 5.74) is 5.90. The Balaban J connectivity index is 1.57. The first-order chi connectivity index (χ1) is 15.2. The van der Waals surface area contributed by atoms with E-state index in [9.17, 15) is 5.11 Å². The molecule has 0 aliphatic rings. The number of nitrogens with zero attached hydrogens (tertiary/aromatic N) is 4. The van der Waals surface area contributed by atoms with Crippen LogP contribution in [0.3, 0.4) is 0 Å². The number of phenols is 1. The van der Waals surface area contributed by atoms with Gasteiger partial charge in [0.25, 0.3) is 0 Å². The number of anilines is 3. The second kappa shape index (κ2) is 7.79. The number of benzene rings is 3. The van der Waals surface area contributed by atoms with Gasteiger partial charge in [-0.05, 0) is 23.3 Å². The number of fused-ring (bicyclic) bond motifs is 1. The Bertz CT molecular complexity index is 1360. The minimum absolute atomic E-state index is 0.149. The van der Waals surface area contributed by atoms with Crippen molar-refractivity contribution >= 4 is 23.0 Å². The number of rotatable bonds is 5. The third-order valence-corrected chi connectivity index (χ3v) is 5.04. The molecule has 0 fully saturated rings. The molecule has 5 rings (SSSR count). The van der Waals surface area contributed by atoms with E-state index in [0.717, 1.165) is 22.4 Å². The first kappa shape index (κ1) is 18.6. The van der Waals surface area contributed by atoms with Gasteiger partial charge in [-0.1, -0.05) is 54.6 Å². The normalized spacial score (nSPS) is 10.9. The molecule has 0 spiro atoms. The molecule has 0 aliphatic carbocycles. The molecule has 7 nitrogen and oxygen atoms in total. The van der Waals surface area contributed by atoms with Gasteiger partial charge in [0.2, 0.25) is 5.95 Å². The van der Waals surface area contributed by atoms with Gasteiger partial charge in [0.1, 0.15) is 11.4 Å². The van der Waals surface area contributed by atoms with Crippen molar-refractivity contribution in [1.82, 2.24) is 19.6 Å². The van der Waals surface area contributed by atoms with Crippen LogP contribution in [0.15, 0.2) is 85.2 Å². The van der Waals surface area contributed by atoms with Gasteiger partial charge in [0, 0.05) is 36.8 Å². The molecule has 152 valence electrons. The highest BCUT2D eigenvalue weighted by Gasteiger charge is 2.15. The highest BCUT2D eigenvalue weighted by molar-refractivity contribution is 5.87. The zero-order valence-electron chi connectivity index (χ0n) is 16.8. The SMILES string of the molecule is CNc1ccc(Nc2nc3c(-c4ccccc4-c4ccccc4)nccn3n2)cc1O. The average Bonchev–Trinajstić information content (AvgIpc) is 3.22. The topological polar surface area (TPSA) is 87.4 Å². The lowest BCUT2D eigenvalue weighted by molar-refractivity contribution is 0.478. The van der Waals surface area contributed by atoms with Crippen LogP contribution in [0.25, 0.3) is 28.0 Å². The van der Waals surface area contributed by atoms with E-state index in [0.29, 0.717) is 23.0 Å². The van der Waals surface area contributed by atoms with E-state index in [1.54, 1.807) is 36.1 Å². The number of phenolic OH excluding ortho intramolecular Hbond substituents is 1. The molecule has 0 unspecified atom stereocenters. The Morgan fingerprint density at radius 1 is 0.903 bits per heavy atom. The molecule has 0 atom stereocenters. The first-order valence-electron chi connectivity index (χ1n) is 9.87. The minimum atomic E-state index is 0.149. The van der Waals surface area contributed by atoms with Crippen LogP contribution in [0.4, 0.5) is 17.3 Å². The summed E-state index contributed by atoms with van der Waals surface area (Å²) in [5, 5.41) is 20.7. The molecule has 31 heavy (non-hydrogen) atoms. The predicted molar refractivity (Wildman–Crippen MR) is 123 cm³/mol. The summed E-state index contributed by atoms with van der Waals surface area (Å²) >= 11 is 0. The second-order valence-corrected chi connectivity index (χ2v) is 7.00. The number of nitrogens with one attached hydrogen (secondary N) is 2.